The van der Waals surface area contributed by atoms with Crippen LogP contribution >= 0.6 is 11.8 Å². The smallest absolute Gasteiger partial charge is 0.252 e. The second-order valence-corrected chi connectivity index (χ2v) is 4.16. The third-order valence-corrected chi connectivity index (χ3v) is 3.21. The van der Waals surface area contributed by atoms with Gasteiger partial charge < -0.3 is 10.0 Å². The lowest BCUT2D eigenvalue weighted by Crippen LogP contribution is -2.37. The minimum absolute atomic E-state index is 0.224. The van der Waals surface area contributed by atoms with Crippen molar-refractivity contribution in [2.45, 2.75) is 4.90 Å². The average Bonchev–Trinajstić information content (AvgIpc) is 2.27. The van der Waals surface area contributed by atoms with E-state index in [0.29, 0.717) is 6.54 Å². The predicted molar refractivity (Wildman–Crippen MR) is 56.6 cm³/mol. The molecule has 3 nitrogen and oxygen atoms in total. The Kier molecular flexibility index (Phi) is 2.74. The maximum Gasteiger partial charge on any atom is 0.252 e. The lowest BCUT2D eigenvalue weighted by molar-refractivity contribution is -0.121. The molecular weight excluding hydrogens is 198 g/mol. The molecular formula is C10H11NO2S. The first-order chi connectivity index (χ1) is 6.83. The van der Waals surface area contributed by atoms with Crippen molar-refractivity contribution in [1.29, 1.82) is 0 Å². The lowest BCUT2D eigenvalue weighted by Gasteiger charge is -2.28. The summed E-state index contributed by atoms with van der Waals surface area (Å²) in [5.74, 6) is 0.667. The van der Waals surface area contributed by atoms with Crippen LogP contribution in [0.25, 0.3) is 0 Å². The van der Waals surface area contributed by atoms with Crippen LogP contribution in [-0.4, -0.2) is 29.9 Å². The maximum atomic E-state index is 11.4. The van der Waals surface area contributed by atoms with Crippen molar-refractivity contribution in [3.8, 4) is 0 Å². The molecule has 0 atom stereocenters. The Morgan fingerprint density at radius 1 is 1.50 bits per heavy atom. The normalized spacial score (nSPS) is 15.1. The van der Waals surface area contributed by atoms with E-state index >= 15 is 0 Å². The van der Waals surface area contributed by atoms with Gasteiger partial charge in [-0.2, -0.15) is 0 Å². The van der Waals surface area contributed by atoms with Crippen molar-refractivity contribution in [2.24, 2.45) is 0 Å². The number of carbonyl (C=O) groups is 1. The zero-order valence-corrected chi connectivity index (χ0v) is 8.46. The Hall–Kier alpha value is -1.00. The van der Waals surface area contributed by atoms with E-state index in [0.717, 1.165) is 16.3 Å². The van der Waals surface area contributed by atoms with Crippen molar-refractivity contribution in [3.05, 3.63) is 24.3 Å². The fraction of sp³-hybridized carbons (Fsp3) is 0.300. The molecule has 0 aromatic heterocycles. The summed E-state index contributed by atoms with van der Waals surface area (Å²) in [6, 6.07) is 7.77. The molecule has 0 bridgehead atoms. The van der Waals surface area contributed by atoms with Gasteiger partial charge in [0.15, 0.2) is 0 Å². The Bertz CT molecular complexity index is 354. The Labute approximate surface area is 86.7 Å². The highest BCUT2D eigenvalue weighted by molar-refractivity contribution is 7.99. The number of para-hydroxylation sites is 1. The highest BCUT2D eigenvalue weighted by atomic mass is 32.2. The first-order valence-corrected chi connectivity index (χ1v) is 5.44. The Morgan fingerprint density at radius 2 is 2.29 bits per heavy atom. The molecule has 0 aliphatic carbocycles. The van der Waals surface area contributed by atoms with E-state index < -0.39 is 6.61 Å². The molecule has 14 heavy (non-hydrogen) atoms. The van der Waals surface area contributed by atoms with E-state index in [9.17, 15) is 4.79 Å². The number of thioether (sulfide) groups is 1. The molecule has 2 rings (SSSR count). The number of rotatable bonds is 1. The number of benzene rings is 1. The Balaban J connectivity index is 2.35. The summed E-state index contributed by atoms with van der Waals surface area (Å²) in [6.07, 6.45) is 0. The summed E-state index contributed by atoms with van der Waals surface area (Å²) < 4.78 is 0. The summed E-state index contributed by atoms with van der Waals surface area (Å²) in [7, 11) is 0. The van der Waals surface area contributed by atoms with E-state index in [4.69, 9.17) is 5.11 Å². The third-order valence-electron chi connectivity index (χ3n) is 2.16. The van der Waals surface area contributed by atoms with Gasteiger partial charge in [-0.05, 0) is 12.1 Å². The standard InChI is InChI=1S/C10H11NO2S/c12-7-10(13)11-5-6-14-9-4-2-1-3-8(9)11/h1-4,12H,5-7H2. The van der Waals surface area contributed by atoms with Gasteiger partial charge in [0.2, 0.25) is 0 Å². The van der Waals surface area contributed by atoms with Gasteiger partial charge in [0.25, 0.3) is 5.91 Å². The summed E-state index contributed by atoms with van der Waals surface area (Å²) in [4.78, 5) is 14.2. The fourth-order valence-corrected chi connectivity index (χ4v) is 2.51. The topological polar surface area (TPSA) is 40.5 Å². The highest BCUT2D eigenvalue weighted by Gasteiger charge is 2.21. The summed E-state index contributed by atoms with van der Waals surface area (Å²) in [6.45, 7) is 0.264. The van der Waals surface area contributed by atoms with Crippen molar-refractivity contribution in [2.75, 3.05) is 23.8 Å². The van der Waals surface area contributed by atoms with E-state index in [1.807, 2.05) is 24.3 Å². The molecule has 74 valence electrons. The van der Waals surface area contributed by atoms with Crippen LogP contribution in [0.15, 0.2) is 29.2 Å². The third kappa shape index (κ3) is 1.63. The van der Waals surface area contributed by atoms with Gasteiger partial charge in [-0.25, -0.2) is 0 Å². The quantitative estimate of drug-likeness (QED) is 0.753. The van der Waals surface area contributed by atoms with Crippen LogP contribution in [-0.2, 0) is 4.79 Å². The molecule has 1 N–H and O–H groups in total. The van der Waals surface area contributed by atoms with E-state index in [2.05, 4.69) is 0 Å². The van der Waals surface area contributed by atoms with Crippen LogP contribution in [0.3, 0.4) is 0 Å². The van der Waals surface area contributed by atoms with Crippen molar-refractivity contribution < 1.29 is 9.90 Å². The number of nitrogens with zero attached hydrogens (tertiary/aromatic N) is 1. The first kappa shape index (κ1) is 9.55. The number of fused-ring (bicyclic) bond motifs is 1. The molecule has 0 radical (unpaired) electrons. The maximum absolute atomic E-state index is 11.4. The van der Waals surface area contributed by atoms with E-state index in [1.165, 1.54) is 0 Å². The summed E-state index contributed by atoms with van der Waals surface area (Å²) >= 11 is 1.74. The molecule has 0 saturated carbocycles. The minimum atomic E-state index is -0.418. The number of hydrogen-bond donors (Lipinski definition) is 1. The van der Waals surface area contributed by atoms with Gasteiger partial charge in [-0.1, -0.05) is 12.1 Å². The van der Waals surface area contributed by atoms with Crippen molar-refractivity contribution in [1.82, 2.24) is 0 Å². The largest absolute Gasteiger partial charge is 0.387 e. The summed E-state index contributed by atoms with van der Waals surface area (Å²) in [5.41, 5.74) is 0.919. The van der Waals surface area contributed by atoms with Gasteiger partial charge in [0.1, 0.15) is 6.61 Å². The molecule has 4 heteroatoms. The van der Waals surface area contributed by atoms with Gasteiger partial charge in [0, 0.05) is 17.2 Å². The molecule has 1 aromatic carbocycles. The molecule has 1 aliphatic heterocycles. The van der Waals surface area contributed by atoms with Crippen molar-refractivity contribution in [3.63, 3.8) is 0 Å². The van der Waals surface area contributed by atoms with Crippen molar-refractivity contribution >= 4 is 23.4 Å². The number of hydrogen-bond acceptors (Lipinski definition) is 3. The molecule has 1 heterocycles. The van der Waals surface area contributed by atoms with Gasteiger partial charge >= 0.3 is 0 Å². The van der Waals surface area contributed by atoms with Gasteiger partial charge in [-0.3, -0.25) is 4.79 Å². The van der Waals surface area contributed by atoms with Crippen LogP contribution in [0.1, 0.15) is 0 Å². The highest BCUT2D eigenvalue weighted by Crippen LogP contribution is 2.34. The predicted octanol–water partition coefficient (Wildman–Crippen LogP) is 1.12. The second kappa shape index (κ2) is 4.02. The van der Waals surface area contributed by atoms with Crippen LogP contribution in [0.5, 0.6) is 0 Å². The number of aliphatic hydroxyl groups is 1. The van der Waals surface area contributed by atoms with Crippen LogP contribution in [0.2, 0.25) is 0 Å². The SMILES string of the molecule is O=C(CO)N1CCSc2ccccc21. The molecule has 0 saturated heterocycles. The summed E-state index contributed by atoms with van der Waals surface area (Å²) in [5, 5.41) is 8.81. The molecule has 0 unspecified atom stereocenters. The minimum Gasteiger partial charge on any atom is -0.387 e. The molecule has 1 amide bonds. The fourth-order valence-electron chi connectivity index (χ4n) is 1.51. The monoisotopic (exact) mass is 209 g/mol. The lowest BCUT2D eigenvalue weighted by atomic mass is 10.2. The second-order valence-electron chi connectivity index (χ2n) is 3.02. The zero-order valence-electron chi connectivity index (χ0n) is 7.64. The average molecular weight is 209 g/mol. The molecule has 0 spiro atoms. The van der Waals surface area contributed by atoms with E-state index in [-0.39, 0.29) is 5.91 Å². The van der Waals surface area contributed by atoms with Gasteiger partial charge in [-0.15, -0.1) is 11.8 Å². The van der Waals surface area contributed by atoms with Crippen LogP contribution < -0.4 is 4.90 Å². The molecule has 1 aromatic rings. The number of aliphatic hydroxyl groups excluding tert-OH is 1. The first-order valence-electron chi connectivity index (χ1n) is 4.46. The van der Waals surface area contributed by atoms with Crippen LogP contribution in [0.4, 0.5) is 5.69 Å². The number of anilines is 1. The number of carbonyl (C=O) groups excluding carboxylic acids is 1. The van der Waals surface area contributed by atoms with Gasteiger partial charge in [0.05, 0.1) is 5.69 Å². The molecule has 0 fully saturated rings. The van der Waals surface area contributed by atoms with E-state index in [1.54, 1.807) is 16.7 Å². The Morgan fingerprint density at radius 3 is 3.07 bits per heavy atom. The zero-order chi connectivity index (χ0) is 9.97. The molecule has 1 aliphatic rings. The van der Waals surface area contributed by atoms with Crippen LogP contribution in [0, 0.1) is 0 Å². The number of amides is 1.